The minimum absolute atomic E-state index is 0.00353. The fraction of sp³-hybridized carbons (Fsp3) is 0.0476. The molecule has 0 aromatic heterocycles. The van der Waals surface area contributed by atoms with Gasteiger partial charge in [-0.2, -0.15) is 0 Å². The molecule has 0 aliphatic heterocycles. The van der Waals surface area contributed by atoms with E-state index in [1.54, 1.807) is 36.4 Å². The normalized spacial score (nSPS) is 10.3. The maximum absolute atomic E-state index is 11.5. The molecule has 0 atom stereocenters. The molecule has 1 N–H and O–H groups in total. The highest BCUT2D eigenvalue weighted by Crippen LogP contribution is 2.17. The first kappa shape index (κ1) is 18.9. The van der Waals surface area contributed by atoms with Crippen molar-refractivity contribution in [3.8, 4) is 11.5 Å². The number of ether oxygens (including phenoxy) is 2. The maximum Gasteiger partial charge on any atom is 0.341 e. The number of hydrogen-bond acceptors (Lipinski definition) is 5. The zero-order chi connectivity index (χ0) is 18.9. The average Bonchev–Trinajstić information content (AvgIpc) is 2.67. The number of hydrogen-bond donors (Lipinski definition) is 1. The van der Waals surface area contributed by atoms with Gasteiger partial charge in [-0.25, -0.2) is 9.59 Å². The summed E-state index contributed by atoms with van der Waals surface area (Å²) in [6.07, 6.45) is 4.89. The van der Waals surface area contributed by atoms with E-state index in [2.05, 4.69) is 13.2 Å². The Bertz CT molecular complexity index is 830. The number of carbonyl (C=O) groups is 2. The highest BCUT2D eigenvalue weighted by Gasteiger charge is 2.08. The molecule has 0 bridgehead atoms. The summed E-state index contributed by atoms with van der Waals surface area (Å²) in [5.41, 5.74) is 1.84. The van der Waals surface area contributed by atoms with Gasteiger partial charge >= 0.3 is 11.9 Å². The highest BCUT2D eigenvalue weighted by molar-refractivity contribution is 5.89. The van der Waals surface area contributed by atoms with Crippen molar-refractivity contribution in [2.24, 2.45) is 0 Å². The van der Waals surface area contributed by atoms with Crippen molar-refractivity contribution in [2.75, 3.05) is 6.61 Å². The molecule has 2 aromatic carbocycles. The topological polar surface area (TPSA) is 72.8 Å². The average molecular weight is 350 g/mol. The van der Waals surface area contributed by atoms with Gasteiger partial charge in [0, 0.05) is 6.08 Å². The van der Waals surface area contributed by atoms with Crippen LogP contribution in [0.25, 0.3) is 12.2 Å². The van der Waals surface area contributed by atoms with Crippen LogP contribution in [0.1, 0.15) is 11.1 Å². The van der Waals surface area contributed by atoms with E-state index in [9.17, 15) is 9.59 Å². The predicted octanol–water partition coefficient (Wildman–Crippen LogP) is 3.40. The molecule has 0 heterocycles. The van der Waals surface area contributed by atoms with Crippen LogP contribution in [0.5, 0.6) is 11.5 Å². The lowest BCUT2D eigenvalue weighted by Gasteiger charge is -2.05. The molecule has 0 radical (unpaired) electrons. The first-order valence-corrected chi connectivity index (χ1v) is 7.75. The number of carbonyl (C=O) groups excluding carboxylic acids is 2. The monoisotopic (exact) mass is 350 g/mol. The van der Waals surface area contributed by atoms with E-state index in [-0.39, 0.29) is 5.57 Å². The molecule has 0 saturated carbocycles. The van der Waals surface area contributed by atoms with Gasteiger partial charge in [0.05, 0.1) is 12.2 Å². The fourth-order valence-electron chi connectivity index (χ4n) is 1.89. The van der Waals surface area contributed by atoms with E-state index in [0.29, 0.717) is 11.5 Å². The van der Waals surface area contributed by atoms with Crippen molar-refractivity contribution in [2.45, 2.75) is 0 Å². The molecule has 0 fully saturated rings. The van der Waals surface area contributed by atoms with Gasteiger partial charge in [-0.3, -0.25) is 0 Å². The van der Waals surface area contributed by atoms with Crippen LogP contribution in [0.2, 0.25) is 0 Å². The summed E-state index contributed by atoms with van der Waals surface area (Å²) < 4.78 is 10.1. The summed E-state index contributed by atoms with van der Waals surface area (Å²) in [6.45, 7) is 6.31. The van der Waals surface area contributed by atoms with Crippen LogP contribution in [-0.2, 0) is 9.59 Å². The van der Waals surface area contributed by atoms with Crippen LogP contribution < -0.4 is 9.47 Å². The molecule has 0 aliphatic carbocycles. The summed E-state index contributed by atoms with van der Waals surface area (Å²) in [6, 6.07) is 13.9. The summed E-state index contributed by atoms with van der Waals surface area (Å²) in [7, 11) is 0. The van der Waals surface area contributed by atoms with Gasteiger partial charge in [-0.05, 0) is 35.4 Å². The third-order valence-electron chi connectivity index (χ3n) is 3.30. The van der Waals surface area contributed by atoms with Crippen molar-refractivity contribution in [1.29, 1.82) is 0 Å². The third kappa shape index (κ3) is 5.58. The smallest absolute Gasteiger partial charge is 0.341 e. The summed E-state index contributed by atoms with van der Waals surface area (Å²) in [5, 5.41) is 8.84. The molecular weight excluding hydrogens is 332 g/mol. The van der Waals surface area contributed by atoms with E-state index in [1.807, 2.05) is 24.3 Å². The van der Waals surface area contributed by atoms with Gasteiger partial charge in [-0.15, -0.1) is 0 Å². The second-order valence-electron chi connectivity index (χ2n) is 5.25. The van der Waals surface area contributed by atoms with Crippen LogP contribution in [0.3, 0.4) is 0 Å². The van der Waals surface area contributed by atoms with E-state index in [0.717, 1.165) is 17.2 Å². The van der Waals surface area contributed by atoms with Crippen LogP contribution in [0.4, 0.5) is 0 Å². The van der Waals surface area contributed by atoms with Crippen molar-refractivity contribution in [3.05, 3.63) is 84.5 Å². The van der Waals surface area contributed by atoms with Crippen molar-refractivity contribution < 1.29 is 24.2 Å². The molecule has 2 rings (SSSR count). The third-order valence-corrected chi connectivity index (χ3v) is 3.30. The van der Waals surface area contributed by atoms with Gasteiger partial charge in [0.1, 0.15) is 11.5 Å². The molecule has 5 heteroatoms. The second-order valence-corrected chi connectivity index (χ2v) is 5.25. The molecule has 2 aromatic rings. The zero-order valence-electron chi connectivity index (χ0n) is 14.1. The van der Waals surface area contributed by atoms with E-state index >= 15 is 0 Å². The Balaban J connectivity index is 1.97. The Morgan fingerprint density at radius 1 is 0.885 bits per heavy atom. The second kappa shape index (κ2) is 9.15. The Hall–Kier alpha value is -3.44. The molecule has 26 heavy (non-hydrogen) atoms. The molecule has 5 nitrogen and oxygen atoms in total. The van der Waals surface area contributed by atoms with E-state index < -0.39 is 18.5 Å². The minimum atomic E-state index is -0.659. The molecule has 0 unspecified atom stereocenters. The number of aliphatic hydroxyl groups is 1. The standard InChI is InChI=1S/C21H18O5/c1-3-20(23)25-18-10-6-16(7-11-18)4-5-17-8-12-19(13-9-17)26-21(24)15(2)14-22/h3-13,22H,1-2,14H2/b5-4+. The number of benzene rings is 2. The number of rotatable bonds is 7. The van der Waals surface area contributed by atoms with Crippen LogP contribution in [-0.4, -0.2) is 23.7 Å². The van der Waals surface area contributed by atoms with Crippen LogP contribution in [0, 0.1) is 0 Å². The van der Waals surface area contributed by atoms with E-state index in [4.69, 9.17) is 14.6 Å². The van der Waals surface area contributed by atoms with Crippen molar-refractivity contribution in [3.63, 3.8) is 0 Å². The van der Waals surface area contributed by atoms with Crippen molar-refractivity contribution in [1.82, 2.24) is 0 Å². The molecule has 0 saturated heterocycles. The Labute approximate surface area is 151 Å². The first-order chi connectivity index (χ1) is 12.5. The Morgan fingerprint density at radius 3 is 1.77 bits per heavy atom. The molecule has 0 amide bonds. The predicted molar refractivity (Wildman–Crippen MR) is 99.5 cm³/mol. The molecule has 0 aliphatic rings. The SMILES string of the molecule is C=CC(=O)Oc1ccc(/C=C/c2ccc(OC(=O)C(=C)CO)cc2)cc1. The first-order valence-electron chi connectivity index (χ1n) is 7.75. The van der Waals surface area contributed by atoms with Gasteiger partial charge in [0.15, 0.2) is 0 Å². The van der Waals surface area contributed by atoms with Crippen molar-refractivity contribution >= 4 is 24.1 Å². The van der Waals surface area contributed by atoms with Gasteiger partial charge in [0.25, 0.3) is 0 Å². The molecule has 132 valence electrons. The lowest BCUT2D eigenvalue weighted by atomic mass is 10.1. The number of aliphatic hydroxyl groups excluding tert-OH is 1. The van der Waals surface area contributed by atoms with Crippen LogP contribution >= 0.6 is 0 Å². The Morgan fingerprint density at radius 2 is 1.35 bits per heavy atom. The minimum Gasteiger partial charge on any atom is -0.423 e. The summed E-state index contributed by atoms with van der Waals surface area (Å²) in [4.78, 5) is 22.6. The lowest BCUT2D eigenvalue weighted by molar-refractivity contribution is -0.131. The zero-order valence-corrected chi connectivity index (χ0v) is 14.1. The Kier molecular flexibility index (Phi) is 6.65. The maximum atomic E-state index is 11.5. The van der Waals surface area contributed by atoms with Gasteiger partial charge in [-0.1, -0.05) is 49.6 Å². The summed E-state index contributed by atoms with van der Waals surface area (Å²) in [5.74, 6) is -0.345. The lowest BCUT2D eigenvalue weighted by Crippen LogP contribution is -2.12. The van der Waals surface area contributed by atoms with Gasteiger partial charge < -0.3 is 14.6 Å². The van der Waals surface area contributed by atoms with Gasteiger partial charge in [0.2, 0.25) is 0 Å². The fourth-order valence-corrected chi connectivity index (χ4v) is 1.89. The van der Waals surface area contributed by atoms with E-state index in [1.165, 1.54) is 0 Å². The molecule has 0 spiro atoms. The number of esters is 2. The quantitative estimate of drug-likeness (QED) is 0.359. The largest absolute Gasteiger partial charge is 0.423 e. The summed E-state index contributed by atoms with van der Waals surface area (Å²) >= 11 is 0. The van der Waals surface area contributed by atoms with Crippen LogP contribution in [0.15, 0.2) is 73.3 Å². The molecular formula is C21H18O5. The highest BCUT2D eigenvalue weighted by atomic mass is 16.5.